The van der Waals surface area contributed by atoms with E-state index in [0.717, 1.165) is 70.2 Å². The number of primary amides is 1. The molecule has 264 valence electrons. The van der Waals surface area contributed by atoms with Gasteiger partial charge in [-0.25, -0.2) is 9.67 Å². The molecule has 0 spiro atoms. The van der Waals surface area contributed by atoms with Crippen LogP contribution in [0.1, 0.15) is 92.2 Å². The number of carbonyl (C=O) groups is 2. The van der Waals surface area contributed by atoms with Crippen molar-refractivity contribution in [2.24, 2.45) is 16.6 Å². The Morgan fingerprint density at radius 3 is 2.39 bits per heavy atom. The van der Waals surface area contributed by atoms with Crippen molar-refractivity contribution in [2.45, 2.75) is 90.5 Å². The van der Waals surface area contributed by atoms with E-state index >= 15 is 0 Å². The lowest BCUT2D eigenvalue weighted by atomic mass is 9.81. The van der Waals surface area contributed by atoms with E-state index in [1.807, 2.05) is 13.3 Å². The summed E-state index contributed by atoms with van der Waals surface area (Å²) in [5.74, 6) is 1.58. The highest BCUT2D eigenvalue weighted by atomic mass is 35.5. The Morgan fingerprint density at radius 1 is 1.08 bits per heavy atom. The molecule has 1 aliphatic heterocycles. The number of carbonyl (C=O) groups excluding carboxylic acids is 2. The summed E-state index contributed by atoms with van der Waals surface area (Å²) in [7, 11) is 1.83. The van der Waals surface area contributed by atoms with Crippen LogP contribution in [0.25, 0.3) is 21.8 Å². The van der Waals surface area contributed by atoms with Crippen molar-refractivity contribution in [3.63, 3.8) is 0 Å². The molecule has 3 aromatic rings. The number of rotatable bonds is 8. The molecule has 7 rings (SSSR count). The molecule has 2 N–H and O–H groups in total. The van der Waals surface area contributed by atoms with E-state index in [0.29, 0.717) is 5.92 Å². The number of aryl methyl sites for hydroxylation is 2. The van der Waals surface area contributed by atoms with E-state index in [1.54, 1.807) is 11.3 Å². The normalized spacial score (nSPS) is 21.2. The molecule has 2 saturated carbocycles. The third-order valence-corrected chi connectivity index (χ3v) is 11.4. The molecular weight excluding hydrogens is 654 g/mol. The Kier molecular flexibility index (Phi) is 13.4. The summed E-state index contributed by atoms with van der Waals surface area (Å²) in [6, 6.07) is 7.50. The van der Waals surface area contributed by atoms with E-state index in [9.17, 15) is 0 Å². The number of halogens is 1. The van der Waals surface area contributed by atoms with Gasteiger partial charge in [-0.05, 0) is 101 Å². The zero-order valence-electron chi connectivity index (χ0n) is 29.5. The summed E-state index contributed by atoms with van der Waals surface area (Å²) in [4.78, 5) is 33.3. The number of fused-ring (bicyclic) bond motifs is 3. The van der Waals surface area contributed by atoms with Crippen LogP contribution in [0.5, 0.6) is 0 Å². The van der Waals surface area contributed by atoms with Gasteiger partial charge in [-0.15, -0.1) is 11.3 Å². The number of aldehydes is 1. The largest absolute Gasteiger partial charge is 0.372 e. The average molecular weight is 706 g/mol. The third kappa shape index (κ3) is 8.95. The highest BCUT2D eigenvalue weighted by molar-refractivity contribution is 7.15. The van der Waals surface area contributed by atoms with Gasteiger partial charge in [0.2, 0.25) is 6.41 Å². The molecule has 4 aliphatic rings. The van der Waals surface area contributed by atoms with Crippen molar-refractivity contribution in [3.8, 4) is 16.3 Å². The lowest BCUT2D eigenvalue weighted by molar-refractivity contribution is -0.107. The van der Waals surface area contributed by atoms with Gasteiger partial charge in [0.05, 0.1) is 37.7 Å². The zero-order valence-corrected chi connectivity index (χ0v) is 31.1. The van der Waals surface area contributed by atoms with Crippen LogP contribution in [0.15, 0.2) is 29.3 Å². The van der Waals surface area contributed by atoms with E-state index in [-0.39, 0.29) is 6.41 Å². The van der Waals surface area contributed by atoms with Gasteiger partial charge in [-0.1, -0.05) is 30.7 Å². The van der Waals surface area contributed by atoms with Gasteiger partial charge in [0, 0.05) is 63.2 Å². The predicted octanol–water partition coefficient (Wildman–Crippen LogP) is 6.91. The lowest BCUT2D eigenvalue weighted by Gasteiger charge is -2.42. The molecule has 9 nitrogen and oxygen atoms in total. The average Bonchev–Trinajstić information content (AvgIpc) is 3.70. The Labute approximate surface area is 300 Å². The number of piperazine rings is 1. The molecule has 3 aliphatic carbocycles. The van der Waals surface area contributed by atoms with E-state index in [1.165, 1.54) is 99.9 Å². The second-order valence-electron chi connectivity index (χ2n) is 13.4. The first-order valence-corrected chi connectivity index (χ1v) is 19.1. The summed E-state index contributed by atoms with van der Waals surface area (Å²) >= 11 is 8.91. The fraction of sp³-hybridized carbons (Fsp3) is 0.553. The quantitative estimate of drug-likeness (QED) is 0.202. The smallest absolute Gasteiger partial charge is 0.204 e. The van der Waals surface area contributed by atoms with Crippen LogP contribution < -0.4 is 5.73 Å². The second kappa shape index (κ2) is 17.7. The van der Waals surface area contributed by atoms with Gasteiger partial charge >= 0.3 is 0 Å². The van der Waals surface area contributed by atoms with Crippen LogP contribution in [-0.4, -0.2) is 89.3 Å². The van der Waals surface area contributed by atoms with Crippen molar-refractivity contribution >= 4 is 47.4 Å². The van der Waals surface area contributed by atoms with Crippen LogP contribution in [-0.2, 0) is 22.4 Å². The number of benzene rings is 1. The number of nitrogens with zero attached hydrogens (tertiary/aromatic N) is 6. The summed E-state index contributed by atoms with van der Waals surface area (Å²) in [6.45, 7) is 12.1. The molecule has 0 radical (unpaired) electrons. The number of thiazole rings is 1. The Morgan fingerprint density at radius 2 is 1.78 bits per heavy atom. The van der Waals surface area contributed by atoms with Gasteiger partial charge in [0.25, 0.3) is 0 Å². The fourth-order valence-corrected chi connectivity index (χ4v) is 8.96. The number of allylic oxidation sites excluding steroid dienone is 2. The summed E-state index contributed by atoms with van der Waals surface area (Å²) in [6.07, 6.45) is 16.0. The standard InChI is InChI=1S/C35H45ClN6S.C2H4O.CH3NO/c1-4-5-27(21-37-3)33-29-13-14-31-35(43-23(2)38-31)34(29)42(39-33)32-15-10-26(20-30(32)36)25-8-11-28(12-9-25)41-18-16-40(17-19-41)22-24-6-7-24;1-2-3;2-1-3/h5,10,15,20-21,24-25,28H,4,6-9,11-14,16-19,22H2,1-3H3;2H,1H3;1H,(H2,2,3)/b27-5+,37-21?;;. The van der Waals surface area contributed by atoms with Crippen molar-refractivity contribution in [1.29, 1.82) is 0 Å². The first kappa shape index (κ1) is 37.1. The van der Waals surface area contributed by atoms with Crippen molar-refractivity contribution in [2.75, 3.05) is 39.8 Å². The highest BCUT2D eigenvalue weighted by Gasteiger charge is 2.33. The first-order valence-electron chi connectivity index (χ1n) is 17.9. The van der Waals surface area contributed by atoms with Gasteiger partial charge in [-0.3, -0.25) is 14.7 Å². The van der Waals surface area contributed by atoms with Crippen molar-refractivity contribution in [1.82, 2.24) is 24.6 Å². The number of aliphatic imine (C=N–C) groups is 1. The van der Waals surface area contributed by atoms with Crippen LogP contribution in [0.2, 0.25) is 5.02 Å². The minimum absolute atomic E-state index is 0.250. The topological polar surface area (TPSA) is 110 Å². The van der Waals surface area contributed by atoms with Crippen LogP contribution >= 0.6 is 22.9 Å². The monoisotopic (exact) mass is 705 g/mol. The lowest BCUT2D eigenvalue weighted by Crippen LogP contribution is -2.51. The zero-order chi connectivity index (χ0) is 34.9. The van der Waals surface area contributed by atoms with E-state index in [4.69, 9.17) is 31.3 Å². The molecule has 11 heteroatoms. The number of hydrogen-bond donors (Lipinski definition) is 1. The van der Waals surface area contributed by atoms with Crippen molar-refractivity contribution in [3.05, 3.63) is 56.8 Å². The maximum absolute atomic E-state index is 8.81. The summed E-state index contributed by atoms with van der Waals surface area (Å²) in [5.41, 5.74) is 12.2. The molecule has 1 saturated heterocycles. The van der Waals surface area contributed by atoms with Gasteiger partial charge in [-0.2, -0.15) is 5.10 Å². The van der Waals surface area contributed by atoms with Crippen LogP contribution in [0, 0.1) is 12.8 Å². The van der Waals surface area contributed by atoms with Crippen LogP contribution in [0.3, 0.4) is 0 Å². The minimum atomic E-state index is 0.250. The SMILES string of the molecule is CC/C=C(\C=NC)c1nn(-c2ccc(C3CCC(N4CCN(CC5CC5)CC4)CC3)cc2Cl)c2c1CCc1nc(C)sc1-2.CC=O.NC=O. The maximum Gasteiger partial charge on any atom is 0.204 e. The van der Waals surface area contributed by atoms with Gasteiger partial charge in [0.15, 0.2) is 0 Å². The number of hydrogen-bond acceptors (Lipinski definition) is 8. The molecule has 3 heterocycles. The molecule has 0 unspecified atom stereocenters. The van der Waals surface area contributed by atoms with E-state index < -0.39 is 0 Å². The predicted molar refractivity (Wildman–Crippen MR) is 202 cm³/mol. The minimum Gasteiger partial charge on any atom is -0.372 e. The van der Waals surface area contributed by atoms with Gasteiger partial charge in [0.1, 0.15) is 6.29 Å². The maximum atomic E-state index is 8.81. The number of aromatic nitrogens is 3. The molecular formula is C38H52ClN7O2S. The Hall–Kier alpha value is -3.18. The number of amides is 1. The second-order valence-corrected chi connectivity index (χ2v) is 15.0. The summed E-state index contributed by atoms with van der Waals surface area (Å²) in [5, 5.41) is 7.12. The molecule has 2 aromatic heterocycles. The molecule has 1 amide bonds. The third-order valence-electron chi connectivity index (χ3n) is 10.1. The first-order chi connectivity index (χ1) is 23.8. The highest BCUT2D eigenvalue weighted by Crippen LogP contribution is 2.43. The Balaban J connectivity index is 0.000000729. The van der Waals surface area contributed by atoms with Crippen LogP contribution in [0.4, 0.5) is 0 Å². The van der Waals surface area contributed by atoms with Crippen molar-refractivity contribution < 1.29 is 9.59 Å². The molecule has 3 fully saturated rings. The number of nitrogens with two attached hydrogens (primary N) is 1. The molecule has 1 aromatic carbocycles. The molecule has 0 atom stereocenters. The Bertz CT molecular complexity index is 1620. The van der Waals surface area contributed by atoms with E-state index in [2.05, 4.69) is 63.3 Å². The fourth-order valence-electron chi connectivity index (χ4n) is 7.66. The van der Waals surface area contributed by atoms with Gasteiger partial charge < -0.3 is 15.4 Å². The molecule has 49 heavy (non-hydrogen) atoms. The molecule has 0 bridgehead atoms. The summed E-state index contributed by atoms with van der Waals surface area (Å²) < 4.78 is 2.10.